The number of carbonyl (C=O) groups is 1. The summed E-state index contributed by atoms with van der Waals surface area (Å²) in [4.78, 5) is 21.0. The second-order valence-electron chi connectivity index (χ2n) is 6.52. The van der Waals surface area contributed by atoms with Crippen molar-refractivity contribution in [1.29, 1.82) is 0 Å². The number of nitrogens with zero attached hydrogens (tertiary/aromatic N) is 4. The standard InChI is InChI=1S/C19H19N5O2/c1-11(2)15-8-14(23-19-21-10-22-24(15)19)18(25)20-9-17-12(3)13-6-4-5-7-16(13)26-17/h4-8,10-11H,9H2,1-3H3,(H,20,25). The van der Waals surface area contributed by atoms with Gasteiger partial charge in [-0.2, -0.15) is 10.1 Å². The van der Waals surface area contributed by atoms with Gasteiger partial charge in [-0.05, 0) is 25.0 Å². The molecule has 0 saturated carbocycles. The van der Waals surface area contributed by atoms with E-state index in [0.29, 0.717) is 18.0 Å². The van der Waals surface area contributed by atoms with Gasteiger partial charge in [0.1, 0.15) is 23.4 Å². The molecule has 0 spiro atoms. The third-order valence-electron chi connectivity index (χ3n) is 4.46. The topological polar surface area (TPSA) is 85.3 Å². The van der Waals surface area contributed by atoms with E-state index in [1.807, 2.05) is 45.0 Å². The highest BCUT2D eigenvalue weighted by molar-refractivity contribution is 5.92. The maximum Gasteiger partial charge on any atom is 0.270 e. The van der Waals surface area contributed by atoms with Crippen LogP contribution in [0.1, 0.15) is 47.3 Å². The molecule has 26 heavy (non-hydrogen) atoms. The number of hydrogen-bond acceptors (Lipinski definition) is 5. The second-order valence-corrected chi connectivity index (χ2v) is 6.52. The van der Waals surface area contributed by atoms with Gasteiger partial charge in [0.25, 0.3) is 11.7 Å². The first-order chi connectivity index (χ1) is 12.5. The fourth-order valence-electron chi connectivity index (χ4n) is 3.01. The lowest BCUT2D eigenvalue weighted by molar-refractivity contribution is 0.0943. The fourth-order valence-corrected chi connectivity index (χ4v) is 3.01. The lowest BCUT2D eigenvalue weighted by Gasteiger charge is -2.10. The molecule has 0 bridgehead atoms. The zero-order valence-corrected chi connectivity index (χ0v) is 14.9. The van der Waals surface area contributed by atoms with Crippen LogP contribution in [0.4, 0.5) is 0 Å². The average Bonchev–Trinajstić information content (AvgIpc) is 3.23. The molecule has 0 aliphatic rings. The summed E-state index contributed by atoms with van der Waals surface area (Å²) >= 11 is 0. The van der Waals surface area contributed by atoms with Crippen molar-refractivity contribution in [1.82, 2.24) is 24.9 Å². The lowest BCUT2D eigenvalue weighted by atomic mass is 10.1. The van der Waals surface area contributed by atoms with Gasteiger partial charge in [0.2, 0.25) is 0 Å². The molecule has 0 radical (unpaired) electrons. The molecule has 1 aromatic carbocycles. The van der Waals surface area contributed by atoms with Gasteiger partial charge in [-0.25, -0.2) is 9.50 Å². The van der Waals surface area contributed by atoms with Gasteiger partial charge in [-0.3, -0.25) is 4.79 Å². The smallest absolute Gasteiger partial charge is 0.270 e. The number of furan rings is 1. The van der Waals surface area contributed by atoms with Crippen molar-refractivity contribution in [2.75, 3.05) is 0 Å². The van der Waals surface area contributed by atoms with E-state index >= 15 is 0 Å². The SMILES string of the molecule is Cc1c(CNC(=O)c2cc(C(C)C)n3ncnc3n2)oc2ccccc12. The average molecular weight is 349 g/mol. The van der Waals surface area contributed by atoms with Crippen molar-refractivity contribution in [3.8, 4) is 0 Å². The lowest BCUT2D eigenvalue weighted by Crippen LogP contribution is -2.25. The van der Waals surface area contributed by atoms with Crippen LogP contribution in [0.3, 0.4) is 0 Å². The number of hydrogen-bond donors (Lipinski definition) is 1. The monoisotopic (exact) mass is 349 g/mol. The van der Waals surface area contributed by atoms with Gasteiger partial charge in [0.05, 0.1) is 12.2 Å². The molecule has 0 unspecified atom stereocenters. The van der Waals surface area contributed by atoms with Crippen LogP contribution in [0.2, 0.25) is 0 Å². The Morgan fingerprint density at radius 2 is 2.12 bits per heavy atom. The normalized spacial score (nSPS) is 11.5. The van der Waals surface area contributed by atoms with Gasteiger partial charge in [0, 0.05) is 10.9 Å². The molecule has 0 fully saturated rings. The van der Waals surface area contributed by atoms with Gasteiger partial charge >= 0.3 is 0 Å². The van der Waals surface area contributed by atoms with Gasteiger partial charge in [0.15, 0.2) is 0 Å². The largest absolute Gasteiger partial charge is 0.459 e. The minimum absolute atomic E-state index is 0.186. The molecular formula is C19H19N5O2. The van der Waals surface area contributed by atoms with Crippen molar-refractivity contribution < 1.29 is 9.21 Å². The van der Waals surface area contributed by atoms with Crippen molar-refractivity contribution in [3.63, 3.8) is 0 Å². The van der Waals surface area contributed by atoms with Crippen LogP contribution >= 0.6 is 0 Å². The Morgan fingerprint density at radius 1 is 1.31 bits per heavy atom. The van der Waals surface area contributed by atoms with Crippen molar-refractivity contribution >= 4 is 22.7 Å². The van der Waals surface area contributed by atoms with Crippen LogP contribution in [0.5, 0.6) is 0 Å². The molecule has 4 rings (SSSR count). The third kappa shape index (κ3) is 2.71. The van der Waals surface area contributed by atoms with Crippen LogP contribution in [-0.2, 0) is 6.54 Å². The number of rotatable bonds is 4. The van der Waals surface area contributed by atoms with E-state index in [-0.39, 0.29) is 11.8 Å². The van der Waals surface area contributed by atoms with Gasteiger partial charge in [-0.15, -0.1) is 0 Å². The van der Waals surface area contributed by atoms with E-state index in [1.54, 1.807) is 10.6 Å². The van der Waals surface area contributed by atoms with Crippen molar-refractivity contribution in [3.05, 3.63) is 59.4 Å². The Kier molecular flexibility index (Phi) is 3.91. The van der Waals surface area contributed by atoms with Crippen LogP contribution in [0, 0.1) is 6.92 Å². The molecule has 3 aromatic heterocycles. The highest BCUT2D eigenvalue weighted by atomic mass is 16.3. The van der Waals surface area contributed by atoms with E-state index in [4.69, 9.17) is 4.42 Å². The van der Waals surface area contributed by atoms with Gasteiger partial charge in [-0.1, -0.05) is 32.0 Å². The Morgan fingerprint density at radius 3 is 2.88 bits per heavy atom. The van der Waals surface area contributed by atoms with Crippen LogP contribution in [0.25, 0.3) is 16.7 Å². The molecule has 0 atom stereocenters. The summed E-state index contributed by atoms with van der Waals surface area (Å²) in [6.45, 7) is 6.37. The predicted molar refractivity (Wildman–Crippen MR) is 97.0 cm³/mol. The highest BCUT2D eigenvalue weighted by Gasteiger charge is 2.17. The molecular weight excluding hydrogens is 330 g/mol. The van der Waals surface area contributed by atoms with E-state index < -0.39 is 0 Å². The Hall–Kier alpha value is -3.22. The summed E-state index contributed by atoms with van der Waals surface area (Å²) in [5, 5.41) is 8.11. The molecule has 1 amide bonds. The number of para-hydroxylation sites is 1. The Balaban J connectivity index is 1.60. The minimum atomic E-state index is -0.266. The molecule has 132 valence electrons. The zero-order chi connectivity index (χ0) is 18.3. The van der Waals surface area contributed by atoms with E-state index in [9.17, 15) is 4.79 Å². The predicted octanol–water partition coefficient (Wildman–Crippen LogP) is 3.23. The van der Waals surface area contributed by atoms with Crippen molar-refractivity contribution in [2.24, 2.45) is 0 Å². The number of carbonyl (C=O) groups excluding carboxylic acids is 1. The number of amides is 1. The summed E-state index contributed by atoms with van der Waals surface area (Å²) in [7, 11) is 0. The first-order valence-corrected chi connectivity index (χ1v) is 8.50. The molecule has 7 heteroatoms. The molecule has 0 aliphatic heterocycles. The second kappa shape index (κ2) is 6.25. The first-order valence-electron chi connectivity index (χ1n) is 8.50. The Bertz CT molecular complexity index is 1110. The van der Waals surface area contributed by atoms with E-state index in [2.05, 4.69) is 20.4 Å². The molecule has 3 heterocycles. The quantitative estimate of drug-likeness (QED) is 0.611. The molecule has 7 nitrogen and oxygen atoms in total. The van der Waals surface area contributed by atoms with Crippen LogP contribution in [-0.4, -0.2) is 25.5 Å². The van der Waals surface area contributed by atoms with Crippen LogP contribution in [0.15, 0.2) is 41.1 Å². The number of fused-ring (bicyclic) bond motifs is 2. The summed E-state index contributed by atoms with van der Waals surface area (Å²) in [6.07, 6.45) is 1.44. The first kappa shape index (κ1) is 16.3. The van der Waals surface area contributed by atoms with E-state index in [1.165, 1.54) is 6.33 Å². The molecule has 0 saturated heterocycles. The molecule has 1 N–H and O–H groups in total. The zero-order valence-electron chi connectivity index (χ0n) is 14.9. The number of aryl methyl sites for hydroxylation is 1. The summed E-state index contributed by atoms with van der Waals surface area (Å²) in [5.74, 6) is 1.08. The number of nitrogens with one attached hydrogen (secondary N) is 1. The maximum absolute atomic E-state index is 12.6. The number of benzene rings is 1. The molecule has 4 aromatic rings. The molecule has 0 aliphatic carbocycles. The van der Waals surface area contributed by atoms with Crippen molar-refractivity contribution in [2.45, 2.75) is 33.2 Å². The highest BCUT2D eigenvalue weighted by Crippen LogP contribution is 2.24. The van der Waals surface area contributed by atoms with Gasteiger partial charge < -0.3 is 9.73 Å². The Labute approximate surface area is 150 Å². The summed E-state index contributed by atoms with van der Waals surface area (Å²) in [5.41, 5.74) is 3.06. The maximum atomic E-state index is 12.6. The third-order valence-corrected chi connectivity index (χ3v) is 4.46. The van der Waals surface area contributed by atoms with E-state index in [0.717, 1.165) is 28.0 Å². The number of aromatic nitrogens is 4. The van der Waals surface area contributed by atoms with Crippen LogP contribution < -0.4 is 5.32 Å². The minimum Gasteiger partial charge on any atom is -0.459 e. The fraction of sp³-hybridized carbons (Fsp3) is 0.263. The summed E-state index contributed by atoms with van der Waals surface area (Å²) < 4.78 is 7.50. The summed E-state index contributed by atoms with van der Waals surface area (Å²) in [6, 6.07) is 9.59.